The van der Waals surface area contributed by atoms with Crippen molar-refractivity contribution in [2.24, 2.45) is 0 Å². The lowest BCUT2D eigenvalue weighted by Crippen LogP contribution is -2.43. The first-order valence-corrected chi connectivity index (χ1v) is 6.01. The predicted octanol–water partition coefficient (Wildman–Crippen LogP) is 3.33. The Kier molecular flexibility index (Phi) is 3.37. The second-order valence-electron chi connectivity index (χ2n) is 3.98. The van der Waals surface area contributed by atoms with E-state index in [0.717, 1.165) is 25.2 Å². The fraction of sp³-hybridized carbons (Fsp3) is 0.545. The van der Waals surface area contributed by atoms with Crippen molar-refractivity contribution in [1.82, 2.24) is 4.98 Å². The number of halogens is 2. The van der Waals surface area contributed by atoms with Crippen molar-refractivity contribution in [2.45, 2.75) is 31.2 Å². The molecule has 0 amide bonds. The van der Waals surface area contributed by atoms with Crippen molar-refractivity contribution in [3.63, 3.8) is 0 Å². The molecule has 0 aromatic carbocycles. The number of aromatic nitrogens is 1. The first-order chi connectivity index (χ1) is 7.18. The number of rotatable bonds is 1. The first-order valence-electron chi connectivity index (χ1n) is 5.19. The highest BCUT2D eigenvalue weighted by Gasteiger charge is 2.26. The maximum absolute atomic E-state index is 6.17. The van der Waals surface area contributed by atoms with Crippen LogP contribution in [-0.4, -0.2) is 22.9 Å². The van der Waals surface area contributed by atoms with E-state index in [2.05, 4.69) is 16.8 Å². The third-order valence-corrected chi connectivity index (χ3v) is 3.49. The number of hydrogen-bond donors (Lipinski definition) is 0. The van der Waals surface area contributed by atoms with E-state index in [1.54, 1.807) is 6.20 Å². The summed E-state index contributed by atoms with van der Waals surface area (Å²) in [5, 5.41) is 0.911. The summed E-state index contributed by atoms with van der Waals surface area (Å²) < 4.78 is 0. The largest absolute Gasteiger partial charge is 0.351 e. The van der Waals surface area contributed by atoms with Crippen molar-refractivity contribution in [2.75, 3.05) is 11.4 Å². The molecule has 1 aromatic heterocycles. The van der Waals surface area contributed by atoms with Gasteiger partial charge in [-0.3, -0.25) is 0 Å². The van der Waals surface area contributed by atoms with Crippen LogP contribution in [0.2, 0.25) is 5.02 Å². The van der Waals surface area contributed by atoms with Crippen LogP contribution in [0.4, 0.5) is 5.82 Å². The molecule has 2 atom stereocenters. The van der Waals surface area contributed by atoms with Gasteiger partial charge in [0.05, 0.1) is 10.4 Å². The Morgan fingerprint density at radius 2 is 2.27 bits per heavy atom. The normalized spacial score (nSPS) is 26.7. The van der Waals surface area contributed by atoms with Gasteiger partial charge in [-0.2, -0.15) is 0 Å². The number of pyridine rings is 1. The molecular weight excluding hydrogens is 231 g/mol. The van der Waals surface area contributed by atoms with Gasteiger partial charge in [0.1, 0.15) is 5.82 Å². The summed E-state index contributed by atoms with van der Waals surface area (Å²) in [6.07, 6.45) is 3.94. The van der Waals surface area contributed by atoms with Gasteiger partial charge in [-0.1, -0.05) is 11.6 Å². The lowest BCUT2D eigenvalue weighted by atomic mass is 10.0. The van der Waals surface area contributed by atoms with Gasteiger partial charge in [-0.05, 0) is 31.9 Å². The molecule has 1 fully saturated rings. The molecule has 0 aliphatic carbocycles. The SMILES string of the molecule is CC1CCC(Cl)CN1c1ncccc1Cl. The second kappa shape index (κ2) is 4.58. The standard InChI is InChI=1S/C11H14Cl2N2/c1-8-4-5-9(12)7-15(8)11-10(13)3-2-6-14-11/h2-3,6,8-9H,4-5,7H2,1H3. The molecule has 0 saturated carbocycles. The van der Waals surface area contributed by atoms with Gasteiger partial charge in [0.25, 0.3) is 0 Å². The van der Waals surface area contributed by atoms with Crippen molar-refractivity contribution in [1.29, 1.82) is 0 Å². The molecule has 0 N–H and O–H groups in total. The molecule has 1 aromatic rings. The van der Waals surface area contributed by atoms with Gasteiger partial charge in [-0.25, -0.2) is 4.98 Å². The Balaban J connectivity index is 2.25. The van der Waals surface area contributed by atoms with E-state index in [0.29, 0.717) is 11.1 Å². The van der Waals surface area contributed by atoms with Gasteiger partial charge in [-0.15, -0.1) is 11.6 Å². The minimum absolute atomic E-state index is 0.208. The molecule has 0 bridgehead atoms. The molecule has 4 heteroatoms. The zero-order valence-corrected chi connectivity index (χ0v) is 10.2. The summed E-state index contributed by atoms with van der Waals surface area (Å²) in [6, 6.07) is 4.18. The van der Waals surface area contributed by atoms with Crippen molar-refractivity contribution in [3.8, 4) is 0 Å². The predicted molar refractivity (Wildman–Crippen MR) is 64.9 cm³/mol. The van der Waals surface area contributed by atoms with Crippen molar-refractivity contribution in [3.05, 3.63) is 23.4 Å². The van der Waals surface area contributed by atoms with Crippen LogP contribution in [0.25, 0.3) is 0 Å². The average molecular weight is 245 g/mol. The van der Waals surface area contributed by atoms with Crippen LogP contribution in [0.1, 0.15) is 19.8 Å². The molecule has 0 radical (unpaired) electrons. The zero-order valence-electron chi connectivity index (χ0n) is 8.66. The molecule has 2 unspecified atom stereocenters. The maximum atomic E-state index is 6.17. The van der Waals surface area contributed by atoms with Crippen LogP contribution in [-0.2, 0) is 0 Å². The summed E-state index contributed by atoms with van der Waals surface area (Å²) in [4.78, 5) is 6.52. The van der Waals surface area contributed by atoms with Crippen LogP contribution in [0.5, 0.6) is 0 Å². The van der Waals surface area contributed by atoms with Crippen LogP contribution < -0.4 is 4.90 Å². The third kappa shape index (κ3) is 2.37. The highest BCUT2D eigenvalue weighted by atomic mass is 35.5. The minimum Gasteiger partial charge on any atom is -0.351 e. The lowest BCUT2D eigenvalue weighted by Gasteiger charge is -2.37. The molecular formula is C11H14Cl2N2. The molecule has 0 spiro atoms. The van der Waals surface area contributed by atoms with Gasteiger partial charge in [0.15, 0.2) is 0 Å². The van der Waals surface area contributed by atoms with Crippen LogP contribution in [0.15, 0.2) is 18.3 Å². The maximum Gasteiger partial charge on any atom is 0.147 e. The Morgan fingerprint density at radius 3 is 3.00 bits per heavy atom. The van der Waals surface area contributed by atoms with E-state index in [1.165, 1.54) is 0 Å². The van der Waals surface area contributed by atoms with Gasteiger partial charge in [0, 0.05) is 18.8 Å². The van der Waals surface area contributed by atoms with Crippen LogP contribution in [0.3, 0.4) is 0 Å². The summed E-state index contributed by atoms with van der Waals surface area (Å²) in [6.45, 7) is 3.02. The third-order valence-electron chi connectivity index (χ3n) is 2.84. The molecule has 1 aliphatic heterocycles. The monoisotopic (exact) mass is 244 g/mol. The highest BCUT2D eigenvalue weighted by molar-refractivity contribution is 6.33. The molecule has 1 saturated heterocycles. The molecule has 1 aliphatic rings. The Labute approximate surface area is 100 Å². The Hall–Kier alpha value is -0.470. The molecule has 2 heterocycles. The van der Waals surface area contributed by atoms with Gasteiger partial charge >= 0.3 is 0 Å². The summed E-state index contributed by atoms with van der Waals surface area (Å²) in [5.74, 6) is 0.858. The average Bonchev–Trinajstić information content (AvgIpc) is 2.23. The zero-order chi connectivity index (χ0) is 10.8. The molecule has 2 nitrogen and oxygen atoms in total. The number of alkyl halides is 1. The van der Waals surface area contributed by atoms with Crippen molar-refractivity contribution >= 4 is 29.0 Å². The molecule has 82 valence electrons. The van der Waals surface area contributed by atoms with Gasteiger partial charge < -0.3 is 4.90 Å². The Bertz CT molecular complexity index is 343. The first kappa shape index (κ1) is 11.0. The van der Waals surface area contributed by atoms with E-state index in [1.807, 2.05) is 12.1 Å². The summed E-state index contributed by atoms with van der Waals surface area (Å²) in [7, 11) is 0. The van der Waals surface area contributed by atoms with E-state index < -0.39 is 0 Å². The van der Waals surface area contributed by atoms with E-state index in [-0.39, 0.29) is 5.38 Å². The van der Waals surface area contributed by atoms with Gasteiger partial charge in [0.2, 0.25) is 0 Å². The van der Waals surface area contributed by atoms with Crippen LogP contribution in [0, 0.1) is 0 Å². The van der Waals surface area contributed by atoms with E-state index in [4.69, 9.17) is 23.2 Å². The lowest BCUT2D eigenvalue weighted by molar-refractivity contribution is 0.486. The summed E-state index contributed by atoms with van der Waals surface area (Å²) >= 11 is 12.3. The number of hydrogen-bond acceptors (Lipinski definition) is 2. The van der Waals surface area contributed by atoms with E-state index >= 15 is 0 Å². The smallest absolute Gasteiger partial charge is 0.147 e. The van der Waals surface area contributed by atoms with Crippen LogP contribution >= 0.6 is 23.2 Å². The molecule has 15 heavy (non-hydrogen) atoms. The Morgan fingerprint density at radius 1 is 1.47 bits per heavy atom. The topological polar surface area (TPSA) is 16.1 Å². The summed E-state index contributed by atoms with van der Waals surface area (Å²) in [5.41, 5.74) is 0. The number of nitrogens with zero attached hydrogens (tertiary/aromatic N) is 2. The fourth-order valence-corrected chi connectivity index (χ4v) is 2.45. The van der Waals surface area contributed by atoms with E-state index in [9.17, 15) is 0 Å². The minimum atomic E-state index is 0.208. The second-order valence-corrected chi connectivity index (χ2v) is 5.01. The highest BCUT2D eigenvalue weighted by Crippen LogP contribution is 2.30. The molecule has 2 rings (SSSR count). The fourth-order valence-electron chi connectivity index (χ4n) is 1.95. The number of piperidine rings is 1. The quantitative estimate of drug-likeness (QED) is 0.705. The van der Waals surface area contributed by atoms with Crippen molar-refractivity contribution < 1.29 is 0 Å². The number of anilines is 1.